The van der Waals surface area contributed by atoms with Crippen LogP contribution in [0.15, 0.2) is 41.3 Å². The molecule has 0 radical (unpaired) electrons. The number of sulfonamides is 1. The molecule has 2 rings (SSSR count). The van der Waals surface area contributed by atoms with E-state index in [1.165, 1.54) is 53.6 Å². The lowest BCUT2D eigenvalue weighted by molar-refractivity contribution is 0.0950. The van der Waals surface area contributed by atoms with Crippen molar-refractivity contribution >= 4 is 15.9 Å². The molecule has 8 nitrogen and oxygen atoms in total. The molecule has 1 N–H and O–H groups in total. The van der Waals surface area contributed by atoms with Gasteiger partial charge in [0.15, 0.2) is 11.5 Å². The number of rotatable bonds is 8. The van der Waals surface area contributed by atoms with Gasteiger partial charge >= 0.3 is 0 Å². The molecular formula is C19H24N2O6S. The quantitative estimate of drug-likeness (QED) is 0.717. The van der Waals surface area contributed by atoms with Gasteiger partial charge < -0.3 is 19.5 Å². The van der Waals surface area contributed by atoms with Crippen LogP contribution in [0, 0.1) is 0 Å². The Bertz CT molecular complexity index is 932. The number of amides is 1. The van der Waals surface area contributed by atoms with Crippen LogP contribution in [0.25, 0.3) is 0 Å². The molecule has 0 unspecified atom stereocenters. The highest BCUT2D eigenvalue weighted by atomic mass is 32.2. The maximum Gasteiger partial charge on any atom is 0.251 e. The van der Waals surface area contributed by atoms with Crippen molar-refractivity contribution in [2.45, 2.75) is 11.4 Å². The summed E-state index contributed by atoms with van der Waals surface area (Å²) in [6, 6.07) is 9.35. The molecule has 152 valence electrons. The van der Waals surface area contributed by atoms with Crippen molar-refractivity contribution in [1.29, 1.82) is 0 Å². The van der Waals surface area contributed by atoms with Gasteiger partial charge in [0.25, 0.3) is 5.91 Å². The molecule has 28 heavy (non-hydrogen) atoms. The van der Waals surface area contributed by atoms with Crippen LogP contribution in [-0.4, -0.2) is 54.1 Å². The number of ether oxygens (including phenoxy) is 3. The zero-order valence-corrected chi connectivity index (χ0v) is 17.3. The van der Waals surface area contributed by atoms with Crippen LogP contribution in [0.2, 0.25) is 0 Å². The molecule has 0 saturated heterocycles. The van der Waals surface area contributed by atoms with E-state index in [-0.39, 0.29) is 17.0 Å². The number of benzene rings is 2. The Morgan fingerprint density at radius 2 is 1.61 bits per heavy atom. The Morgan fingerprint density at radius 1 is 1.00 bits per heavy atom. The summed E-state index contributed by atoms with van der Waals surface area (Å²) in [5, 5.41) is 2.76. The summed E-state index contributed by atoms with van der Waals surface area (Å²) in [5.41, 5.74) is 0.982. The fraction of sp³-hybridized carbons (Fsp3) is 0.316. The molecule has 0 aliphatic heterocycles. The van der Waals surface area contributed by atoms with Gasteiger partial charge in [-0.3, -0.25) is 4.79 Å². The van der Waals surface area contributed by atoms with Crippen molar-refractivity contribution in [2.75, 3.05) is 35.4 Å². The van der Waals surface area contributed by atoms with Crippen molar-refractivity contribution in [2.24, 2.45) is 0 Å². The minimum absolute atomic E-state index is 0.0536. The predicted molar refractivity (Wildman–Crippen MR) is 105 cm³/mol. The van der Waals surface area contributed by atoms with E-state index in [0.29, 0.717) is 17.2 Å². The van der Waals surface area contributed by atoms with E-state index in [0.717, 1.165) is 9.87 Å². The number of nitrogens with zero attached hydrogens (tertiary/aromatic N) is 1. The Morgan fingerprint density at radius 3 is 2.11 bits per heavy atom. The van der Waals surface area contributed by atoms with Crippen LogP contribution in [-0.2, 0) is 16.6 Å². The largest absolute Gasteiger partial charge is 0.493 e. The Balaban J connectivity index is 2.21. The lowest BCUT2D eigenvalue weighted by Crippen LogP contribution is -2.25. The third-order valence-corrected chi connectivity index (χ3v) is 5.86. The molecule has 0 spiro atoms. The number of methoxy groups -OCH3 is 3. The predicted octanol–water partition coefficient (Wildman–Crippen LogP) is 1.89. The zero-order chi connectivity index (χ0) is 20.9. The van der Waals surface area contributed by atoms with Crippen molar-refractivity contribution in [3.05, 3.63) is 47.5 Å². The molecule has 1 amide bonds. The second-order valence-electron chi connectivity index (χ2n) is 6.03. The van der Waals surface area contributed by atoms with Crippen molar-refractivity contribution in [3.63, 3.8) is 0 Å². The van der Waals surface area contributed by atoms with E-state index in [4.69, 9.17) is 14.2 Å². The smallest absolute Gasteiger partial charge is 0.251 e. The van der Waals surface area contributed by atoms with Gasteiger partial charge in [-0.25, -0.2) is 12.7 Å². The number of hydrogen-bond donors (Lipinski definition) is 1. The summed E-state index contributed by atoms with van der Waals surface area (Å²) >= 11 is 0. The number of carbonyl (C=O) groups excluding carboxylic acids is 1. The fourth-order valence-corrected chi connectivity index (χ4v) is 3.48. The topological polar surface area (TPSA) is 94.2 Å². The fourth-order valence-electron chi connectivity index (χ4n) is 2.53. The van der Waals surface area contributed by atoms with E-state index in [9.17, 15) is 13.2 Å². The molecule has 0 atom stereocenters. The van der Waals surface area contributed by atoms with Gasteiger partial charge in [0, 0.05) is 26.2 Å². The Labute approximate surface area is 165 Å². The standard InChI is InChI=1S/C19H24N2O6S/c1-21(2)28(23,24)15-8-6-7-14(11-15)19(22)20-12-13-9-16(25-3)18(27-5)17(10-13)26-4/h6-11H,12H2,1-5H3,(H,20,22). The molecule has 0 bridgehead atoms. The molecule has 2 aromatic carbocycles. The van der Waals surface area contributed by atoms with Crippen molar-refractivity contribution < 1.29 is 27.4 Å². The number of hydrogen-bond acceptors (Lipinski definition) is 6. The highest BCUT2D eigenvalue weighted by Crippen LogP contribution is 2.38. The maximum atomic E-state index is 12.5. The van der Waals surface area contributed by atoms with Crippen LogP contribution in [0.5, 0.6) is 17.2 Å². The van der Waals surface area contributed by atoms with Gasteiger partial charge in [0.1, 0.15) is 0 Å². The summed E-state index contributed by atoms with van der Waals surface area (Å²) in [5.74, 6) is 1.02. The summed E-state index contributed by atoms with van der Waals surface area (Å²) in [7, 11) is 3.79. The van der Waals surface area contributed by atoms with E-state index >= 15 is 0 Å². The monoisotopic (exact) mass is 408 g/mol. The second-order valence-corrected chi connectivity index (χ2v) is 8.18. The third kappa shape index (κ3) is 4.55. The lowest BCUT2D eigenvalue weighted by atomic mass is 10.1. The first-order valence-corrected chi connectivity index (χ1v) is 9.78. The van der Waals surface area contributed by atoms with E-state index in [1.807, 2.05) is 0 Å². The first-order valence-electron chi connectivity index (χ1n) is 8.34. The maximum absolute atomic E-state index is 12.5. The van der Waals surface area contributed by atoms with Crippen LogP contribution < -0.4 is 19.5 Å². The molecule has 0 heterocycles. The van der Waals surface area contributed by atoms with E-state index in [2.05, 4.69) is 5.32 Å². The number of nitrogens with one attached hydrogen (secondary N) is 1. The first kappa shape index (κ1) is 21.5. The molecule has 9 heteroatoms. The SMILES string of the molecule is COc1cc(CNC(=O)c2cccc(S(=O)(=O)N(C)C)c2)cc(OC)c1OC. The summed E-state index contributed by atoms with van der Waals surface area (Å²) in [6.45, 7) is 0.195. The van der Waals surface area contributed by atoms with E-state index in [1.54, 1.807) is 18.2 Å². The molecule has 0 saturated carbocycles. The molecule has 0 aromatic heterocycles. The van der Waals surface area contributed by atoms with Crippen LogP contribution in [0.1, 0.15) is 15.9 Å². The molecule has 0 aliphatic carbocycles. The van der Waals surface area contributed by atoms with Gasteiger partial charge in [-0.15, -0.1) is 0 Å². The molecular weight excluding hydrogens is 384 g/mol. The van der Waals surface area contributed by atoms with Gasteiger partial charge in [-0.1, -0.05) is 6.07 Å². The Kier molecular flexibility index (Phi) is 6.87. The second kappa shape index (κ2) is 8.94. The average Bonchev–Trinajstić information content (AvgIpc) is 2.70. The van der Waals surface area contributed by atoms with Crippen LogP contribution in [0.4, 0.5) is 0 Å². The van der Waals surface area contributed by atoms with Gasteiger partial charge in [-0.2, -0.15) is 0 Å². The first-order chi connectivity index (χ1) is 13.2. The minimum Gasteiger partial charge on any atom is -0.493 e. The van der Waals surface area contributed by atoms with Crippen molar-refractivity contribution in [3.8, 4) is 17.2 Å². The van der Waals surface area contributed by atoms with Crippen LogP contribution >= 0.6 is 0 Å². The summed E-state index contributed by atoms with van der Waals surface area (Å²) in [4.78, 5) is 12.5. The summed E-state index contributed by atoms with van der Waals surface area (Å²) < 4.78 is 41.5. The normalized spacial score (nSPS) is 11.2. The van der Waals surface area contributed by atoms with E-state index < -0.39 is 15.9 Å². The Hall–Kier alpha value is -2.78. The van der Waals surface area contributed by atoms with Gasteiger partial charge in [0.2, 0.25) is 15.8 Å². The highest BCUT2D eigenvalue weighted by Gasteiger charge is 2.19. The number of carbonyl (C=O) groups is 1. The van der Waals surface area contributed by atoms with Gasteiger partial charge in [0.05, 0.1) is 26.2 Å². The van der Waals surface area contributed by atoms with Crippen LogP contribution in [0.3, 0.4) is 0 Å². The zero-order valence-electron chi connectivity index (χ0n) is 16.5. The molecule has 0 fully saturated rings. The summed E-state index contributed by atoms with van der Waals surface area (Å²) in [6.07, 6.45) is 0. The minimum atomic E-state index is -3.62. The molecule has 2 aromatic rings. The van der Waals surface area contributed by atoms with Crippen molar-refractivity contribution in [1.82, 2.24) is 9.62 Å². The molecule has 0 aliphatic rings. The van der Waals surface area contributed by atoms with Gasteiger partial charge in [-0.05, 0) is 35.9 Å². The third-order valence-electron chi connectivity index (χ3n) is 4.05. The highest BCUT2D eigenvalue weighted by molar-refractivity contribution is 7.89. The lowest BCUT2D eigenvalue weighted by Gasteiger charge is -2.15. The average molecular weight is 408 g/mol.